The van der Waals surface area contributed by atoms with Crippen molar-refractivity contribution < 1.29 is 9.53 Å². The average molecular weight is 271 g/mol. The number of hydrogen-bond donors (Lipinski definition) is 2. The number of hydrogen-bond acceptors (Lipinski definition) is 4. The minimum absolute atomic E-state index is 0.0162. The van der Waals surface area contributed by atoms with Gasteiger partial charge in [0.1, 0.15) is 6.10 Å². The van der Waals surface area contributed by atoms with Crippen molar-refractivity contribution >= 4 is 5.91 Å². The van der Waals surface area contributed by atoms with Gasteiger partial charge < -0.3 is 20.3 Å². The second-order valence-electron chi connectivity index (χ2n) is 5.14. The van der Waals surface area contributed by atoms with Gasteiger partial charge in [0.25, 0.3) is 5.91 Å². The number of nitrogens with one attached hydrogen (secondary N) is 2. The summed E-state index contributed by atoms with van der Waals surface area (Å²) in [6, 6.07) is 0.216. The van der Waals surface area contributed by atoms with Crippen LogP contribution in [0.15, 0.2) is 0 Å². The number of nitrogens with zero attached hydrogens (tertiary/aromatic N) is 1. The molecule has 0 spiro atoms. The average Bonchev–Trinajstić information content (AvgIpc) is 2.44. The van der Waals surface area contributed by atoms with Gasteiger partial charge in [-0.3, -0.25) is 4.79 Å². The van der Waals surface area contributed by atoms with E-state index in [2.05, 4.69) is 36.3 Å². The van der Waals surface area contributed by atoms with Gasteiger partial charge >= 0.3 is 0 Å². The summed E-state index contributed by atoms with van der Waals surface area (Å²) in [5, 5.41) is 6.21. The molecule has 0 aliphatic carbocycles. The highest BCUT2D eigenvalue weighted by molar-refractivity contribution is 5.81. The summed E-state index contributed by atoms with van der Waals surface area (Å²) < 4.78 is 5.44. The van der Waals surface area contributed by atoms with Gasteiger partial charge in [0.05, 0.1) is 6.61 Å². The Kier molecular flexibility index (Phi) is 8.02. The Hall–Kier alpha value is -0.650. The fourth-order valence-electron chi connectivity index (χ4n) is 2.30. The first kappa shape index (κ1) is 16.4. The van der Waals surface area contributed by atoms with E-state index in [-0.39, 0.29) is 18.1 Å². The Morgan fingerprint density at radius 2 is 2.21 bits per heavy atom. The highest BCUT2D eigenvalue weighted by Crippen LogP contribution is 2.02. The van der Waals surface area contributed by atoms with Crippen molar-refractivity contribution in [1.29, 1.82) is 0 Å². The second-order valence-corrected chi connectivity index (χ2v) is 5.14. The Morgan fingerprint density at radius 1 is 1.47 bits per heavy atom. The Balaban J connectivity index is 2.15. The maximum Gasteiger partial charge on any atom is 0.250 e. The molecule has 1 aliphatic rings. The van der Waals surface area contributed by atoms with E-state index in [0.29, 0.717) is 13.2 Å². The predicted molar refractivity (Wildman–Crippen MR) is 77.2 cm³/mol. The van der Waals surface area contributed by atoms with Gasteiger partial charge in [-0.25, -0.2) is 0 Å². The molecular weight excluding hydrogens is 242 g/mol. The predicted octanol–water partition coefficient (Wildman–Crippen LogP) is 0.602. The fourth-order valence-corrected chi connectivity index (χ4v) is 2.30. The molecular formula is C14H29N3O2. The molecule has 112 valence electrons. The molecule has 1 saturated heterocycles. The Morgan fingerprint density at radius 3 is 2.79 bits per heavy atom. The summed E-state index contributed by atoms with van der Waals surface area (Å²) in [6.45, 7) is 11.8. The highest BCUT2D eigenvalue weighted by atomic mass is 16.5. The molecule has 2 N–H and O–H groups in total. The first-order valence-electron chi connectivity index (χ1n) is 7.52. The quantitative estimate of drug-likeness (QED) is 0.679. The highest BCUT2D eigenvalue weighted by Gasteiger charge is 2.22. The van der Waals surface area contributed by atoms with Gasteiger partial charge in [-0.15, -0.1) is 0 Å². The molecule has 1 aliphatic heterocycles. The van der Waals surface area contributed by atoms with Gasteiger partial charge in [-0.05, 0) is 39.4 Å². The molecule has 0 radical (unpaired) electrons. The van der Waals surface area contributed by atoms with Crippen molar-refractivity contribution in [3.8, 4) is 0 Å². The molecule has 0 aromatic carbocycles. The summed E-state index contributed by atoms with van der Waals surface area (Å²) >= 11 is 0. The van der Waals surface area contributed by atoms with Crippen LogP contribution < -0.4 is 10.6 Å². The molecule has 5 nitrogen and oxygen atoms in total. The van der Waals surface area contributed by atoms with Crippen molar-refractivity contribution in [2.75, 3.05) is 39.3 Å². The third-order valence-electron chi connectivity index (χ3n) is 3.61. The van der Waals surface area contributed by atoms with Gasteiger partial charge in [0.15, 0.2) is 0 Å². The van der Waals surface area contributed by atoms with Gasteiger partial charge in [0, 0.05) is 19.1 Å². The van der Waals surface area contributed by atoms with Crippen LogP contribution in [0.5, 0.6) is 0 Å². The number of amides is 1. The van der Waals surface area contributed by atoms with E-state index in [4.69, 9.17) is 4.74 Å². The summed E-state index contributed by atoms with van der Waals surface area (Å²) in [5.74, 6) is 0.0162. The summed E-state index contributed by atoms with van der Waals surface area (Å²) in [4.78, 5) is 14.3. The lowest BCUT2D eigenvalue weighted by Crippen LogP contribution is -2.49. The normalized spacial score (nSPS) is 21.4. The van der Waals surface area contributed by atoms with Crippen molar-refractivity contribution in [2.24, 2.45) is 0 Å². The zero-order valence-corrected chi connectivity index (χ0v) is 12.6. The molecule has 0 aromatic rings. The number of morpholine rings is 1. The SMILES string of the molecule is CCN(CC)CCCC(C)NC(=O)[C@H]1CNCCO1. The van der Waals surface area contributed by atoms with Crippen LogP contribution in [0.1, 0.15) is 33.6 Å². The monoisotopic (exact) mass is 271 g/mol. The van der Waals surface area contributed by atoms with E-state index in [0.717, 1.165) is 39.0 Å². The molecule has 5 heteroatoms. The molecule has 1 heterocycles. The van der Waals surface area contributed by atoms with Gasteiger partial charge in [0.2, 0.25) is 0 Å². The first-order valence-corrected chi connectivity index (χ1v) is 7.52. The largest absolute Gasteiger partial charge is 0.366 e. The van der Waals surface area contributed by atoms with E-state index in [1.54, 1.807) is 0 Å². The van der Waals surface area contributed by atoms with Crippen LogP contribution >= 0.6 is 0 Å². The summed E-state index contributed by atoms with van der Waals surface area (Å²) in [7, 11) is 0. The standard InChI is InChI=1S/C14H29N3O2/c1-4-17(5-2)9-6-7-12(3)16-14(18)13-11-15-8-10-19-13/h12-13,15H,4-11H2,1-3H3,(H,16,18)/t12?,13-/m1/s1. The molecule has 0 saturated carbocycles. The maximum atomic E-state index is 11.9. The number of rotatable bonds is 8. The fraction of sp³-hybridized carbons (Fsp3) is 0.929. The van der Waals surface area contributed by atoms with Crippen LogP contribution in [0.2, 0.25) is 0 Å². The molecule has 1 unspecified atom stereocenters. The van der Waals surface area contributed by atoms with Crippen molar-refractivity contribution in [3.63, 3.8) is 0 Å². The van der Waals surface area contributed by atoms with Crippen LogP contribution in [0.3, 0.4) is 0 Å². The van der Waals surface area contributed by atoms with Crippen LogP contribution in [-0.4, -0.2) is 62.3 Å². The molecule has 1 fully saturated rings. The van der Waals surface area contributed by atoms with Crippen molar-refractivity contribution in [1.82, 2.24) is 15.5 Å². The lowest BCUT2D eigenvalue weighted by Gasteiger charge is -2.25. The minimum Gasteiger partial charge on any atom is -0.366 e. The van der Waals surface area contributed by atoms with Crippen LogP contribution in [0.25, 0.3) is 0 Å². The topological polar surface area (TPSA) is 53.6 Å². The summed E-state index contributed by atoms with van der Waals surface area (Å²) in [6.07, 6.45) is 1.81. The smallest absolute Gasteiger partial charge is 0.250 e. The van der Waals surface area contributed by atoms with Gasteiger partial charge in [-0.1, -0.05) is 13.8 Å². The molecule has 1 rings (SSSR count). The Bertz CT molecular complexity index is 251. The van der Waals surface area contributed by atoms with E-state index < -0.39 is 0 Å². The molecule has 1 amide bonds. The third-order valence-corrected chi connectivity index (χ3v) is 3.61. The van der Waals surface area contributed by atoms with E-state index in [1.807, 2.05) is 0 Å². The van der Waals surface area contributed by atoms with E-state index in [1.165, 1.54) is 0 Å². The maximum absolute atomic E-state index is 11.9. The minimum atomic E-state index is -0.320. The number of ether oxygens (including phenoxy) is 1. The molecule has 0 aromatic heterocycles. The Labute approximate surface area is 117 Å². The zero-order chi connectivity index (χ0) is 14.1. The van der Waals surface area contributed by atoms with Crippen LogP contribution in [0.4, 0.5) is 0 Å². The summed E-state index contributed by atoms with van der Waals surface area (Å²) in [5.41, 5.74) is 0. The second kappa shape index (κ2) is 9.28. The van der Waals surface area contributed by atoms with E-state index in [9.17, 15) is 4.79 Å². The molecule has 19 heavy (non-hydrogen) atoms. The molecule has 0 bridgehead atoms. The lowest BCUT2D eigenvalue weighted by molar-refractivity contribution is -0.134. The van der Waals surface area contributed by atoms with E-state index >= 15 is 0 Å². The zero-order valence-electron chi connectivity index (χ0n) is 12.6. The lowest BCUT2D eigenvalue weighted by atomic mass is 10.1. The first-order chi connectivity index (χ1) is 9.17. The van der Waals surface area contributed by atoms with Crippen LogP contribution in [-0.2, 0) is 9.53 Å². The van der Waals surface area contributed by atoms with Crippen molar-refractivity contribution in [2.45, 2.75) is 45.8 Å². The molecule has 2 atom stereocenters. The number of carbonyl (C=O) groups is 1. The third kappa shape index (κ3) is 6.36. The van der Waals surface area contributed by atoms with Gasteiger partial charge in [-0.2, -0.15) is 0 Å². The van der Waals surface area contributed by atoms with Crippen molar-refractivity contribution in [3.05, 3.63) is 0 Å². The number of carbonyl (C=O) groups excluding carboxylic acids is 1. The van der Waals surface area contributed by atoms with Crippen LogP contribution in [0, 0.1) is 0 Å².